The molecule has 0 aromatic carbocycles. The Bertz CT molecular complexity index is 511. The second-order valence-corrected chi connectivity index (χ2v) is 9.52. The van der Waals surface area contributed by atoms with Crippen LogP contribution in [-0.2, 0) is 23.3 Å². The average molecular weight is 429 g/mol. The van der Waals surface area contributed by atoms with Gasteiger partial charge in [0.15, 0.2) is 0 Å². The lowest BCUT2D eigenvalue weighted by atomic mass is 9.93. The first-order chi connectivity index (χ1) is 13.9. The molecule has 0 aliphatic carbocycles. The van der Waals surface area contributed by atoms with Gasteiger partial charge in [0.05, 0.1) is 44.4 Å². The predicted octanol–water partition coefficient (Wildman–Crippen LogP) is 1.35. The molecule has 0 saturated carbocycles. The third-order valence-electron chi connectivity index (χ3n) is 5.23. The molecule has 0 aromatic rings. The number of nitriles is 1. The summed E-state index contributed by atoms with van der Waals surface area (Å²) in [6.45, 7) is 13.0. The van der Waals surface area contributed by atoms with Crippen LogP contribution in [0, 0.1) is 11.3 Å². The minimum absolute atomic E-state index is 0.0569. The van der Waals surface area contributed by atoms with E-state index in [1.165, 1.54) is 0 Å². The van der Waals surface area contributed by atoms with Gasteiger partial charge in [-0.05, 0) is 27.7 Å². The fraction of sp³-hybridized carbons (Fsp3) is 0.947. The van der Waals surface area contributed by atoms with E-state index in [4.69, 9.17) is 28.5 Å². The van der Waals surface area contributed by atoms with Crippen molar-refractivity contribution in [1.82, 2.24) is 9.57 Å². The van der Waals surface area contributed by atoms with Crippen molar-refractivity contribution < 1.29 is 23.3 Å². The molecule has 0 bridgehead atoms. The van der Waals surface area contributed by atoms with E-state index < -0.39 is 8.53 Å². The van der Waals surface area contributed by atoms with E-state index in [2.05, 4.69) is 43.3 Å². The second-order valence-electron chi connectivity index (χ2n) is 8.11. The number of ether oxygens (including phenoxy) is 3. The fourth-order valence-electron chi connectivity index (χ4n) is 3.95. The van der Waals surface area contributed by atoms with Crippen molar-refractivity contribution in [2.75, 3.05) is 46.6 Å². The largest absolute Gasteiger partial charge is 0.379 e. The van der Waals surface area contributed by atoms with Gasteiger partial charge in [-0.15, -0.1) is 0 Å². The molecule has 10 heteroatoms. The molecule has 29 heavy (non-hydrogen) atoms. The molecule has 0 radical (unpaired) electrons. The summed E-state index contributed by atoms with van der Waals surface area (Å²) in [6.07, 6.45) is -0.147. The van der Waals surface area contributed by atoms with Gasteiger partial charge in [-0.1, -0.05) is 0 Å². The molecule has 166 valence electrons. The maximum Gasteiger partial charge on any atom is 0.259 e. The van der Waals surface area contributed by atoms with Crippen molar-refractivity contribution in [2.45, 2.75) is 70.5 Å². The smallest absolute Gasteiger partial charge is 0.259 e. The van der Waals surface area contributed by atoms with Crippen molar-refractivity contribution >= 4 is 16.4 Å². The molecule has 2 fully saturated rings. The van der Waals surface area contributed by atoms with Gasteiger partial charge in [-0.2, -0.15) is 5.26 Å². The zero-order valence-corrected chi connectivity index (χ0v) is 19.6. The molecule has 2 heterocycles. The summed E-state index contributed by atoms with van der Waals surface area (Å²) < 4.78 is 32.5. The van der Waals surface area contributed by atoms with Gasteiger partial charge in [0.25, 0.3) is 8.53 Å². The Balaban J connectivity index is 2.16. The molecular weight excluding hydrogens is 392 g/mol. The van der Waals surface area contributed by atoms with E-state index in [-0.39, 0.29) is 36.4 Å². The highest BCUT2D eigenvalue weighted by atomic mass is 31.2. The number of methoxy groups -OCH3 is 1. The molecule has 0 N–H and O–H groups in total. The number of morpholine rings is 1. The standard InChI is InChI=1S/C19H37BN3O5P/c1-14(2)23(15(3)4)29(26-10-6-7-21)28-17-16(27-19(20)18(17)24-5)13-22-8-11-25-12-9-22/h14-19H,6,8-13,20H2,1-5H3/t16-,17?,18?,19-,29?/m1/s1. The van der Waals surface area contributed by atoms with E-state index >= 15 is 0 Å². The van der Waals surface area contributed by atoms with Crippen molar-refractivity contribution in [3.8, 4) is 6.07 Å². The molecule has 2 aliphatic rings. The number of rotatable bonds is 11. The van der Waals surface area contributed by atoms with Gasteiger partial charge in [0.1, 0.15) is 20.1 Å². The Hall–Kier alpha value is -0.295. The summed E-state index contributed by atoms with van der Waals surface area (Å²) in [4.78, 5) is 2.36. The molecule has 0 aromatic heterocycles. The van der Waals surface area contributed by atoms with E-state index in [0.717, 1.165) is 32.8 Å². The molecule has 5 atom stereocenters. The first-order valence-corrected chi connectivity index (χ1v) is 11.7. The lowest BCUT2D eigenvalue weighted by Gasteiger charge is -2.38. The highest BCUT2D eigenvalue weighted by molar-refractivity contribution is 7.44. The van der Waals surface area contributed by atoms with Gasteiger partial charge in [-0.3, -0.25) is 4.90 Å². The van der Waals surface area contributed by atoms with Crippen LogP contribution in [0.1, 0.15) is 34.1 Å². The molecule has 2 rings (SSSR count). The van der Waals surface area contributed by atoms with Gasteiger partial charge >= 0.3 is 0 Å². The quantitative estimate of drug-likeness (QED) is 0.277. The van der Waals surface area contributed by atoms with Crippen molar-refractivity contribution in [3.63, 3.8) is 0 Å². The monoisotopic (exact) mass is 429 g/mol. The van der Waals surface area contributed by atoms with Gasteiger partial charge in [-0.25, -0.2) is 4.67 Å². The van der Waals surface area contributed by atoms with Crippen LogP contribution in [0.15, 0.2) is 0 Å². The lowest BCUT2D eigenvalue weighted by molar-refractivity contribution is -0.0235. The summed E-state index contributed by atoms with van der Waals surface area (Å²) in [5.41, 5.74) is 0. The summed E-state index contributed by atoms with van der Waals surface area (Å²) in [6, 6.07) is 2.59. The van der Waals surface area contributed by atoms with Crippen LogP contribution in [0.5, 0.6) is 0 Å². The second kappa shape index (κ2) is 12.5. The third-order valence-corrected chi connectivity index (χ3v) is 7.36. The Morgan fingerprint density at radius 1 is 1.21 bits per heavy atom. The van der Waals surface area contributed by atoms with Crippen LogP contribution in [0.3, 0.4) is 0 Å². The number of hydrogen-bond acceptors (Lipinski definition) is 8. The first-order valence-electron chi connectivity index (χ1n) is 10.6. The van der Waals surface area contributed by atoms with Gasteiger partial charge in [0.2, 0.25) is 0 Å². The summed E-state index contributed by atoms with van der Waals surface area (Å²) in [5.74, 6) is 0. The van der Waals surface area contributed by atoms with Crippen LogP contribution in [0.25, 0.3) is 0 Å². The Kier molecular flexibility index (Phi) is 10.8. The van der Waals surface area contributed by atoms with Crippen LogP contribution in [0.2, 0.25) is 0 Å². The summed E-state index contributed by atoms with van der Waals surface area (Å²) >= 11 is 0. The van der Waals surface area contributed by atoms with Crippen LogP contribution in [-0.4, -0.2) is 100 Å². The topological polar surface area (TPSA) is 76.4 Å². The highest BCUT2D eigenvalue weighted by Gasteiger charge is 2.46. The Morgan fingerprint density at radius 2 is 1.86 bits per heavy atom. The maximum atomic E-state index is 8.93. The van der Waals surface area contributed by atoms with Crippen LogP contribution in [0.4, 0.5) is 0 Å². The normalized spacial score (nSPS) is 29.6. The SMILES string of the molecule is B[C@@H]1O[C@H](CN2CCOCC2)C(OP(OCCC#N)N(C(C)C)C(C)C)C1OC. The van der Waals surface area contributed by atoms with E-state index in [1.807, 2.05) is 7.85 Å². The molecule has 0 spiro atoms. The van der Waals surface area contributed by atoms with Crippen LogP contribution < -0.4 is 0 Å². The van der Waals surface area contributed by atoms with E-state index in [1.54, 1.807) is 7.11 Å². The average Bonchev–Trinajstić information content (AvgIpc) is 2.96. The maximum absolute atomic E-state index is 8.93. The van der Waals surface area contributed by atoms with Crippen molar-refractivity contribution in [1.29, 1.82) is 5.26 Å². The Morgan fingerprint density at radius 3 is 2.41 bits per heavy atom. The van der Waals surface area contributed by atoms with Crippen molar-refractivity contribution in [2.24, 2.45) is 0 Å². The van der Waals surface area contributed by atoms with Gasteiger partial charge < -0.3 is 23.3 Å². The summed E-state index contributed by atoms with van der Waals surface area (Å²) in [7, 11) is 2.39. The van der Waals surface area contributed by atoms with Crippen molar-refractivity contribution in [3.05, 3.63) is 0 Å². The zero-order valence-electron chi connectivity index (χ0n) is 18.7. The van der Waals surface area contributed by atoms with E-state index in [0.29, 0.717) is 13.0 Å². The first kappa shape index (κ1) is 25.0. The van der Waals surface area contributed by atoms with Crippen LogP contribution >= 0.6 is 8.53 Å². The molecule has 2 saturated heterocycles. The molecule has 3 unspecified atom stereocenters. The Labute approximate surface area is 178 Å². The molecule has 0 amide bonds. The van der Waals surface area contributed by atoms with E-state index in [9.17, 15) is 0 Å². The minimum Gasteiger partial charge on any atom is -0.379 e. The highest BCUT2D eigenvalue weighted by Crippen LogP contribution is 2.49. The predicted molar refractivity (Wildman–Crippen MR) is 115 cm³/mol. The minimum atomic E-state index is -1.35. The lowest BCUT2D eigenvalue weighted by Crippen LogP contribution is -2.46. The zero-order chi connectivity index (χ0) is 21.4. The molecule has 8 nitrogen and oxygen atoms in total. The summed E-state index contributed by atoms with van der Waals surface area (Å²) in [5, 5.41) is 8.93. The fourth-order valence-corrected chi connectivity index (χ4v) is 5.72. The third kappa shape index (κ3) is 7.12. The number of nitrogens with zero attached hydrogens (tertiary/aromatic N) is 3. The molecule has 2 aliphatic heterocycles. The number of hydrogen-bond donors (Lipinski definition) is 0. The van der Waals surface area contributed by atoms with Gasteiger partial charge in [0, 0.05) is 38.8 Å². The molecular formula is C19H37BN3O5P.